The number of hydrogen-bond donors (Lipinski definition) is 0. The molecule has 0 amide bonds. The Bertz CT molecular complexity index is 536. The van der Waals surface area contributed by atoms with E-state index in [1.807, 2.05) is 0 Å². The molecule has 0 aliphatic heterocycles. The lowest BCUT2D eigenvalue weighted by molar-refractivity contribution is 0.369. The van der Waals surface area contributed by atoms with Crippen molar-refractivity contribution in [2.24, 2.45) is 0 Å². The molecule has 0 saturated heterocycles. The van der Waals surface area contributed by atoms with E-state index >= 15 is 0 Å². The van der Waals surface area contributed by atoms with Crippen LogP contribution in [-0.4, -0.2) is 21.6 Å². The van der Waals surface area contributed by atoms with Crippen molar-refractivity contribution < 1.29 is 4.74 Å². The molecule has 5 heteroatoms. The standard InChI is InChI=1S/C10H6ClN3O/c1-2-3-15-7-4-8-9(12-5-7)10(11)14-6-13-8/h1,4-6H,3H2. The van der Waals surface area contributed by atoms with E-state index < -0.39 is 0 Å². The van der Waals surface area contributed by atoms with Gasteiger partial charge in [-0.15, -0.1) is 6.42 Å². The second-order valence-corrected chi connectivity index (χ2v) is 3.05. The third-order valence-corrected chi connectivity index (χ3v) is 2.00. The van der Waals surface area contributed by atoms with E-state index in [0.29, 0.717) is 21.9 Å². The van der Waals surface area contributed by atoms with Crippen molar-refractivity contribution in [3.05, 3.63) is 23.7 Å². The molecule has 0 unspecified atom stereocenters. The van der Waals surface area contributed by atoms with Gasteiger partial charge in [0.2, 0.25) is 0 Å². The molecule has 0 atom stereocenters. The number of pyridine rings is 1. The van der Waals surface area contributed by atoms with Crippen LogP contribution in [0.1, 0.15) is 0 Å². The highest BCUT2D eigenvalue weighted by Crippen LogP contribution is 2.20. The first kappa shape index (κ1) is 9.69. The van der Waals surface area contributed by atoms with Crippen molar-refractivity contribution in [3.63, 3.8) is 0 Å². The third kappa shape index (κ3) is 1.97. The fourth-order valence-electron chi connectivity index (χ4n) is 1.10. The highest BCUT2D eigenvalue weighted by atomic mass is 35.5. The number of ether oxygens (including phenoxy) is 1. The van der Waals surface area contributed by atoms with E-state index in [1.165, 1.54) is 12.5 Å². The highest BCUT2D eigenvalue weighted by molar-refractivity contribution is 6.33. The maximum atomic E-state index is 5.83. The molecular formula is C10H6ClN3O. The van der Waals surface area contributed by atoms with Gasteiger partial charge in [-0.05, 0) is 0 Å². The van der Waals surface area contributed by atoms with Crippen molar-refractivity contribution in [2.75, 3.05) is 6.61 Å². The molecule has 0 aliphatic carbocycles. The lowest BCUT2D eigenvalue weighted by Gasteiger charge is -2.02. The van der Waals surface area contributed by atoms with Crippen LogP contribution in [0.3, 0.4) is 0 Å². The van der Waals surface area contributed by atoms with Crippen LogP contribution in [0.2, 0.25) is 5.15 Å². The summed E-state index contributed by atoms with van der Waals surface area (Å²) >= 11 is 5.83. The van der Waals surface area contributed by atoms with Gasteiger partial charge in [-0.25, -0.2) is 15.0 Å². The first-order valence-electron chi connectivity index (χ1n) is 4.14. The summed E-state index contributed by atoms with van der Waals surface area (Å²) in [6, 6.07) is 1.72. The molecule has 2 aromatic rings. The monoisotopic (exact) mass is 219 g/mol. The molecule has 0 aliphatic rings. The summed E-state index contributed by atoms with van der Waals surface area (Å²) in [5.41, 5.74) is 1.18. The van der Waals surface area contributed by atoms with Crippen LogP contribution >= 0.6 is 11.6 Å². The lowest BCUT2D eigenvalue weighted by Crippen LogP contribution is -1.95. The van der Waals surface area contributed by atoms with Crippen LogP contribution in [0.5, 0.6) is 5.75 Å². The number of hydrogen-bond acceptors (Lipinski definition) is 4. The average molecular weight is 220 g/mol. The molecule has 2 heterocycles. The van der Waals surface area contributed by atoms with Crippen molar-refractivity contribution in [2.45, 2.75) is 0 Å². The molecule has 0 fully saturated rings. The number of rotatable bonds is 2. The Morgan fingerprint density at radius 1 is 1.40 bits per heavy atom. The first-order valence-corrected chi connectivity index (χ1v) is 4.51. The van der Waals surface area contributed by atoms with Crippen LogP contribution < -0.4 is 4.74 Å². The van der Waals surface area contributed by atoms with Crippen LogP contribution in [-0.2, 0) is 0 Å². The van der Waals surface area contributed by atoms with Crippen molar-refractivity contribution >= 4 is 22.6 Å². The van der Waals surface area contributed by atoms with Gasteiger partial charge in [0.1, 0.15) is 24.2 Å². The van der Waals surface area contributed by atoms with E-state index in [-0.39, 0.29) is 6.61 Å². The number of halogens is 1. The topological polar surface area (TPSA) is 47.9 Å². The van der Waals surface area contributed by atoms with Gasteiger partial charge in [0, 0.05) is 6.07 Å². The number of aromatic nitrogens is 3. The minimum Gasteiger partial charge on any atom is -0.479 e. The Hall–Kier alpha value is -1.86. The molecule has 0 bridgehead atoms. The fraction of sp³-hybridized carbons (Fsp3) is 0.100. The number of terminal acetylenes is 1. The zero-order chi connectivity index (χ0) is 10.7. The summed E-state index contributed by atoms with van der Waals surface area (Å²) in [6.07, 6.45) is 7.98. The second-order valence-electron chi connectivity index (χ2n) is 2.70. The molecule has 0 spiro atoms. The zero-order valence-electron chi connectivity index (χ0n) is 7.64. The predicted molar refractivity (Wildman–Crippen MR) is 56.7 cm³/mol. The molecule has 74 valence electrons. The molecule has 15 heavy (non-hydrogen) atoms. The summed E-state index contributed by atoms with van der Waals surface area (Å²) in [5.74, 6) is 2.93. The van der Waals surface area contributed by atoms with Gasteiger partial charge < -0.3 is 4.74 Å². The van der Waals surface area contributed by atoms with Crippen LogP contribution in [0.4, 0.5) is 0 Å². The van der Waals surface area contributed by atoms with Gasteiger partial charge in [-0.1, -0.05) is 17.5 Å². The minimum atomic E-state index is 0.200. The fourth-order valence-corrected chi connectivity index (χ4v) is 1.29. The maximum Gasteiger partial charge on any atom is 0.158 e. The molecule has 0 radical (unpaired) electrons. The van der Waals surface area contributed by atoms with E-state index in [0.717, 1.165) is 0 Å². The predicted octanol–water partition coefficient (Wildman–Crippen LogP) is 1.69. The first-order chi connectivity index (χ1) is 7.31. The molecule has 0 aromatic carbocycles. The smallest absolute Gasteiger partial charge is 0.158 e. The quantitative estimate of drug-likeness (QED) is 0.570. The summed E-state index contributed by atoms with van der Waals surface area (Å²) < 4.78 is 5.20. The van der Waals surface area contributed by atoms with Crippen molar-refractivity contribution in [1.29, 1.82) is 0 Å². The Morgan fingerprint density at radius 2 is 2.27 bits per heavy atom. The van der Waals surface area contributed by atoms with Crippen LogP contribution in [0.25, 0.3) is 11.0 Å². The Labute approximate surface area is 91.3 Å². The van der Waals surface area contributed by atoms with Gasteiger partial charge in [0.15, 0.2) is 5.15 Å². The second kappa shape index (κ2) is 4.11. The number of fused-ring (bicyclic) bond motifs is 1. The Kier molecular flexibility index (Phi) is 2.66. The molecule has 0 saturated carbocycles. The van der Waals surface area contributed by atoms with Crippen molar-refractivity contribution in [3.8, 4) is 18.1 Å². The van der Waals surface area contributed by atoms with Gasteiger partial charge >= 0.3 is 0 Å². The SMILES string of the molecule is C#CCOc1cnc2c(Cl)ncnc2c1. The highest BCUT2D eigenvalue weighted by Gasteiger charge is 2.03. The van der Waals surface area contributed by atoms with Gasteiger partial charge in [0.05, 0.1) is 11.7 Å². The molecular weight excluding hydrogens is 214 g/mol. The Balaban J connectivity index is 2.44. The average Bonchev–Trinajstić information content (AvgIpc) is 2.26. The van der Waals surface area contributed by atoms with Crippen molar-refractivity contribution in [1.82, 2.24) is 15.0 Å². The maximum absolute atomic E-state index is 5.83. The van der Waals surface area contributed by atoms with Gasteiger partial charge in [0.25, 0.3) is 0 Å². The summed E-state index contributed by atoms with van der Waals surface area (Å²) in [4.78, 5) is 11.9. The Morgan fingerprint density at radius 3 is 3.07 bits per heavy atom. The van der Waals surface area contributed by atoms with E-state index in [1.54, 1.807) is 6.07 Å². The zero-order valence-corrected chi connectivity index (χ0v) is 8.40. The number of nitrogens with zero attached hydrogens (tertiary/aromatic N) is 3. The molecule has 0 N–H and O–H groups in total. The van der Waals surface area contributed by atoms with Crippen LogP contribution in [0, 0.1) is 12.3 Å². The lowest BCUT2D eigenvalue weighted by atomic mass is 10.3. The summed E-state index contributed by atoms with van der Waals surface area (Å²) in [5, 5.41) is 0.323. The minimum absolute atomic E-state index is 0.200. The van der Waals surface area contributed by atoms with E-state index in [4.69, 9.17) is 22.8 Å². The molecule has 2 aromatic heterocycles. The van der Waals surface area contributed by atoms with Gasteiger partial charge in [-0.2, -0.15) is 0 Å². The summed E-state index contributed by atoms with van der Waals surface area (Å²) in [6.45, 7) is 0.200. The molecule has 4 nitrogen and oxygen atoms in total. The molecule has 2 rings (SSSR count). The summed E-state index contributed by atoms with van der Waals surface area (Å²) in [7, 11) is 0. The van der Waals surface area contributed by atoms with Gasteiger partial charge in [-0.3, -0.25) is 0 Å². The van der Waals surface area contributed by atoms with Crippen LogP contribution in [0.15, 0.2) is 18.6 Å². The normalized spacial score (nSPS) is 9.87. The third-order valence-electron chi connectivity index (χ3n) is 1.73. The van der Waals surface area contributed by atoms with E-state index in [9.17, 15) is 0 Å². The van der Waals surface area contributed by atoms with E-state index in [2.05, 4.69) is 20.9 Å². The largest absolute Gasteiger partial charge is 0.479 e.